The molecule has 124 valence electrons. The lowest BCUT2D eigenvalue weighted by molar-refractivity contribution is -0.151. The molecule has 0 N–H and O–H groups in total. The van der Waals surface area contributed by atoms with Gasteiger partial charge in [-0.2, -0.15) is 0 Å². The number of amides is 1. The summed E-state index contributed by atoms with van der Waals surface area (Å²) in [5, 5.41) is 0. The zero-order valence-electron chi connectivity index (χ0n) is 13.2. The number of hydrogen-bond acceptors (Lipinski definition) is 3. The number of halogens is 1. The molecule has 1 aliphatic heterocycles. The predicted octanol–water partition coefficient (Wildman–Crippen LogP) is 2.56. The minimum absolute atomic E-state index is 0.197. The van der Waals surface area contributed by atoms with Gasteiger partial charge in [0.15, 0.2) is 0 Å². The number of hydrogen-bond donors (Lipinski definition) is 0. The van der Waals surface area contributed by atoms with Gasteiger partial charge in [0.05, 0.1) is 12.5 Å². The van der Waals surface area contributed by atoms with Gasteiger partial charge in [-0.05, 0) is 43.4 Å². The summed E-state index contributed by atoms with van der Waals surface area (Å²) in [5.74, 6) is -0.300. The number of carbonyl (C=O) groups is 2. The van der Waals surface area contributed by atoms with Gasteiger partial charge in [-0.3, -0.25) is 9.59 Å². The van der Waals surface area contributed by atoms with Crippen LogP contribution >= 0.6 is 0 Å². The van der Waals surface area contributed by atoms with Gasteiger partial charge < -0.3 is 9.64 Å². The van der Waals surface area contributed by atoms with Gasteiger partial charge in [0.1, 0.15) is 5.82 Å². The van der Waals surface area contributed by atoms with Crippen LogP contribution in [-0.2, 0) is 20.7 Å². The molecule has 23 heavy (non-hydrogen) atoms. The van der Waals surface area contributed by atoms with Crippen molar-refractivity contribution in [3.8, 4) is 0 Å². The Kier molecular flexibility index (Phi) is 4.94. The van der Waals surface area contributed by atoms with Gasteiger partial charge >= 0.3 is 5.97 Å². The molecule has 0 bridgehead atoms. The van der Waals surface area contributed by atoms with Crippen molar-refractivity contribution in [1.82, 2.24) is 4.90 Å². The molecule has 0 radical (unpaired) electrons. The van der Waals surface area contributed by atoms with Crippen molar-refractivity contribution in [3.05, 3.63) is 35.6 Å². The fourth-order valence-electron chi connectivity index (χ4n) is 3.00. The highest BCUT2D eigenvalue weighted by Crippen LogP contribution is 2.32. The first-order valence-electron chi connectivity index (χ1n) is 8.33. The summed E-state index contributed by atoms with van der Waals surface area (Å²) < 4.78 is 18.2. The number of esters is 1. The van der Waals surface area contributed by atoms with Crippen LogP contribution < -0.4 is 0 Å². The quantitative estimate of drug-likeness (QED) is 0.784. The van der Waals surface area contributed by atoms with Gasteiger partial charge in [-0.15, -0.1) is 0 Å². The maximum absolute atomic E-state index is 12.8. The smallest absolute Gasteiger partial charge is 0.310 e. The lowest BCUT2D eigenvalue weighted by atomic mass is 9.98. The molecule has 0 spiro atoms. The summed E-state index contributed by atoms with van der Waals surface area (Å²) in [6.45, 7) is 1.54. The van der Waals surface area contributed by atoms with Gasteiger partial charge in [0, 0.05) is 25.4 Å². The minimum Gasteiger partial charge on any atom is -0.465 e. The maximum Gasteiger partial charge on any atom is 0.310 e. The monoisotopic (exact) mass is 319 g/mol. The molecule has 5 heteroatoms. The molecule has 1 aromatic carbocycles. The third-order valence-electron chi connectivity index (χ3n) is 4.54. The average Bonchev–Trinajstić information content (AvgIpc) is 3.41. The number of carbonyl (C=O) groups excluding carboxylic acids is 2. The molecule has 0 aromatic heterocycles. The van der Waals surface area contributed by atoms with E-state index in [2.05, 4.69) is 0 Å². The lowest BCUT2D eigenvalue weighted by Gasteiger charge is -2.31. The summed E-state index contributed by atoms with van der Waals surface area (Å²) >= 11 is 0. The number of piperidine rings is 1. The van der Waals surface area contributed by atoms with Crippen molar-refractivity contribution in [2.24, 2.45) is 11.8 Å². The van der Waals surface area contributed by atoms with E-state index in [4.69, 9.17) is 4.74 Å². The Morgan fingerprint density at radius 2 is 1.87 bits per heavy atom. The summed E-state index contributed by atoms with van der Waals surface area (Å²) in [7, 11) is 0. The van der Waals surface area contributed by atoms with Crippen LogP contribution in [-0.4, -0.2) is 36.5 Å². The normalized spacial score (nSPS) is 21.1. The fraction of sp³-hybridized carbons (Fsp3) is 0.556. The topological polar surface area (TPSA) is 46.6 Å². The number of nitrogens with zero attached hydrogens (tertiary/aromatic N) is 1. The molecule has 4 nitrogen and oxygen atoms in total. The molecule has 3 rings (SSSR count). The molecule has 1 unspecified atom stereocenters. The van der Waals surface area contributed by atoms with Crippen LogP contribution in [0.4, 0.5) is 4.39 Å². The number of ether oxygens (including phenoxy) is 1. The molecular weight excluding hydrogens is 297 g/mol. The van der Waals surface area contributed by atoms with E-state index in [0.29, 0.717) is 13.0 Å². The Bertz CT molecular complexity index is 568. The lowest BCUT2D eigenvalue weighted by Crippen LogP contribution is -2.43. The Balaban J connectivity index is 1.43. The molecule has 1 amide bonds. The Morgan fingerprint density at radius 1 is 1.13 bits per heavy atom. The molecule has 1 saturated heterocycles. The number of benzene rings is 1. The van der Waals surface area contributed by atoms with Crippen molar-refractivity contribution in [2.45, 2.75) is 32.1 Å². The Hall–Kier alpha value is -1.91. The SMILES string of the molecule is O=C(OCCc1ccc(F)cc1)C1CCCN(C(=O)C2CC2)C1. The molecule has 1 heterocycles. The molecule has 1 atom stereocenters. The van der Waals surface area contributed by atoms with E-state index >= 15 is 0 Å². The molecule has 2 aliphatic rings. The van der Waals surface area contributed by atoms with Crippen molar-refractivity contribution < 1.29 is 18.7 Å². The third-order valence-corrected chi connectivity index (χ3v) is 4.54. The first kappa shape index (κ1) is 16.0. The Morgan fingerprint density at radius 3 is 2.57 bits per heavy atom. The fourth-order valence-corrected chi connectivity index (χ4v) is 3.00. The van der Waals surface area contributed by atoms with E-state index in [-0.39, 0.29) is 36.1 Å². The summed E-state index contributed by atoms with van der Waals surface area (Å²) in [6.07, 6.45) is 4.19. The molecule has 1 aromatic rings. The average molecular weight is 319 g/mol. The maximum atomic E-state index is 12.8. The number of rotatable bonds is 5. The van der Waals surface area contributed by atoms with E-state index in [0.717, 1.165) is 37.8 Å². The van der Waals surface area contributed by atoms with Crippen LogP contribution in [0.3, 0.4) is 0 Å². The van der Waals surface area contributed by atoms with E-state index < -0.39 is 0 Å². The second-order valence-corrected chi connectivity index (χ2v) is 6.44. The highest BCUT2D eigenvalue weighted by atomic mass is 19.1. The standard InChI is InChI=1S/C18H22FNO3/c19-16-7-3-13(4-8-16)9-11-23-18(22)15-2-1-10-20(12-15)17(21)14-5-6-14/h3-4,7-8,14-15H,1-2,5-6,9-12H2. The predicted molar refractivity (Wildman–Crippen MR) is 83.1 cm³/mol. The highest BCUT2D eigenvalue weighted by molar-refractivity contribution is 5.82. The van der Waals surface area contributed by atoms with Gasteiger partial charge in [-0.25, -0.2) is 4.39 Å². The summed E-state index contributed by atoms with van der Waals surface area (Å²) in [5.41, 5.74) is 0.938. The third kappa shape index (κ3) is 4.30. The van der Waals surface area contributed by atoms with Gasteiger partial charge in [0.25, 0.3) is 0 Å². The van der Waals surface area contributed by atoms with Crippen molar-refractivity contribution in [3.63, 3.8) is 0 Å². The summed E-state index contributed by atoms with van der Waals surface area (Å²) in [4.78, 5) is 26.1. The van der Waals surface area contributed by atoms with E-state index in [9.17, 15) is 14.0 Å². The van der Waals surface area contributed by atoms with Crippen molar-refractivity contribution in [1.29, 1.82) is 0 Å². The van der Waals surface area contributed by atoms with Crippen LogP contribution in [0.5, 0.6) is 0 Å². The van der Waals surface area contributed by atoms with Crippen molar-refractivity contribution >= 4 is 11.9 Å². The van der Waals surface area contributed by atoms with E-state index in [1.54, 1.807) is 12.1 Å². The second kappa shape index (κ2) is 7.11. The first-order valence-corrected chi connectivity index (χ1v) is 8.33. The molecule has 1 aliphatic carbocycles. The van der Waals surface area contributed by atoms with Gasteiger partial charge in [0.2, 0.25) is 5.91 Å². The van der Waals surface area contributed by atoms with Crippen LogP contribution in [0.2, 0.25) is 0 Å². The van der Waals surface area contributed by atoms with Crippen LogP contribution in [0.15, 0.2) is 24.3 Å². The van der Waals surface area contributed by atoms with Crippen LogP contribution in [0, 0.1) is 17.7 Å². The van der Waals surface area contributed by atoms with Crippen LogP contribution in [0.1, 0.15) is 31.2 Å². The first-order chi connectivity index (χ1) is 11.1. The largest absolute Gasteiger partial charge is 0.465 e. The zero-order valence-corrected chi connectivity index (χ0v) is 13.2. The minimum atomic E-state index is -0.270. The molecule has 1 saturated carbocycles. The number of likely N-dealkylation sites (tertiary alicyclic amines) is 1. The molecular formula is C18H22FNO3. The second-order valence-electron chi connectivity index (χ2n) is 6.44. The highest BCUT2D eigenvalue weighted by Gasteiger charge is 2.37. The Labute approximate surface area is 135 Å². The molecule has 2 fully saturated rings. The van der Waals surface area contributed by atoms with E-state index in [1.807, 2.05) is 4.90 Å². The van der Waals surface area contributed by atoms with E-state index in [1.165, 1.54) is 12.1 Å². The van der Waals surface area contributed by atoms with Crippen molar-refractivity contribution in [2.75, 3.05) is 19.7 Å². The summed E-state index contributed by atoms with van der Waals surface area (Å²) in [6, 6.07) is 6.19. The van der Waals surface area contributed by atoms with Crippen LogP contribution in [0.25, 0.3) is 0 Å². The zero-order chi connectivity index (χ0) is 16.2. The van der Waals surface area contributed by atoms with Gasteiger partial charge in [-0.1, -0.05) is 12.1 Å².